The molecule has 1 heterocycles. The Morgan fingerprint density at radius 1 is 1.21 bits per heavy atom. The van der Waals surface area contributed by atoms with Crippen molar-refractivity contribution in [3.8, 4) is 0 Å². The van der Waals surface area contributed by atoms with Crippen molar-refractivity contribution in [2.45, 2.75) is 26.2 Å². The first-order valence-corrected chi connectivity index (χ1v) is 7.82. The van der Waals surface area contributed by atoms with Crippen molar-refractivity contribution in [1.82, 2.24) is 10.4 Å². The second-order valence-corrected chi connectivity index (χ2v) is 6.36. The first-order chi connectivity index (χ1) is 11.4. The summed E-state index contributed by atoms with van der Waals surface area (Å²) in [4.78, 5) is 47.5. The van der Waals surface area contributed by atoms with E-state index in [0.29, 0.717) is 18.8 Å². The van der Waals surface area contributed by atoms with Crippen LogP contribution in [0.25, 0.3) is 0 Å². The summed E-state index contributed by atoms with van der Waals surface area (Å²) in [5.41, 5.74) is 1.69. The maximum Gasteiger partial charge on any atom is 0.282 e. The zero-order chi connectivity index (χ0) is 17.4. The molecule has 3 rings (SSSR count). The summed E-state index contributed by atoms with van der Waals surface area (Å²) in [6.07, 6.45) is 2.10. The zero-order valence-electron chi connectivity index (χ0n) is 13.1. The number of hydrogen-bond acceptors (Lipinski definition) is 5. The Labute approximate surface area is 137 Å². The molecule has 2 aliphatic rings. The Bertz CT molecular complexity index is 732. The number of hydrogen-bond donors (Lipinski definition) is 1. The van der Waals surface area contributed by atoms with Gasteiger partial charge in [0.2, 0.25) is 0 Å². The van der Waals surface area contributed by atoms with E-state index in [0.717, 1.165) is 11.4 Å². The zero-order valence-corrected chi connectivity index (χ0v) is 13.1. The maximum absolute atomic E-state index is 12.4. The van der Waals surface area contributed by atoms with Crippen LogP contribution in [0, 0.1) is 27.9 Å². The second kappa shape index (κ2) is 6.03. The van der Waals surface area contributed by atoms with Crippen LogP contribution in [0.15, 0.2) is 24.3 Å². The number of hydrazine groups is 1. The average molecular weight is 331 g/mol. The van der Waals surface area contributed by atoms with Crippen LogP contribution in [0.3, 0.4) is 0 Å². The lowest BCUT2D eigenvalue weighted by molar-refractivity contribution is -0.385. The largest absolute Gasteiger partial charge is 0.282 e. The molecule has 126 valence electrons. The molecule has 0 spiro atoms. The number of nitrogens with one attached hydrogen (secondary N) is 1. The minimum Gasteiger partial charge on any atom is -0.272 e. The number of nitrogens with zero attached hydrogens (tertiary/aromatic N) is 2. The molecule has 0 bridgehead atoms. The topological polar surface area (TPSA) is 110 Å². The molecule has 2 fully saturated rings. The van der Waals surface area contributed by atoms with E-state index in [9.17, 15) is 24.5 Å². The van der Waals surface area contributed by atoms with Gasteiger partial charge in [-0.2, -0.15) is 5.01 Å². The SMILES string of the molecule is C[C@@H]1CC[C@@H]2C(=O)N(NC(=O)c3ccccc3[N+](=O)[O-])C(=O)[C@H]2C1. The van der Waals surface area contributed by atoms with Crippen LogP contribution < -0.4 is 5.43 Å². The molecule has 1 aliphatic carbocycles. The fourth-order valence-corrected chi connectivity index (χ4v) is 3.49. The van der Waals surface area contributed by atoms with Crippen molar-refractivity contribution >= 4 is 23.4 Å². The average Bonchev–Trinajstić information content (AvgIpc) is 2.79. The second-order valence-electron chi connectivity index (χ2n) is 6.36. The number of carbonyl (C=O) groups is 3. The van der Waals surface area contributed by atoms with Gasteiger partial charge in [-0.3, -0.25) is 29.9 Å². The van der Waals surface area contributed by atoms with Gasteiger partial charge in [0, 0.05) is 6.07 Å². The predicted molar refractivity (Wildman–Crippen MR) is 82.4 cm³/mol. The van der Waals surface area contributed by atoms with Crippen LogP contribution in [0.2, 0.25) is 0 Å². The molecular weight excluding hydrogens is 314 g/mol. The molecule has 1 aromatic rings. The summed E-state index contributed by atoms with van der Waals surface area (Å²) in [6.45, 7) is 2.03. The highest BCUT2D eigenvalue weighted by atomic mass is 16.6. The Balaban J connectivity index is 1.81. The third-order valence-electron chi connectivity index (χ3n) is 4.75. The number of amides is 3. The number of benzene rings is 1. The van der Waals surface area contributed by atoms with E-state index < -0.39 is 34.5 Å². The Morgan fingerprint density at radius 3 is 2.58 bits per heavy atom. The molecule has 1 N–H and O–H groups in total. The van der Waals surface area contributed by atoms with Crippen molar-refractivity contribution in [1.29, 1.82) is 0 Å². The minimum atomic E-state index is -0.837. The summed E-state index contributed by atoms with van der Waals surface area (Å²) in [5.74, 6) is -2.15. The van der Waals surface area contributed by atoms with Crippen LogP contribution in [0.4, 0.5) is 5.69 Å². The Morgan fingerprint density at radius 2 is 1.88 bits per heavy atom. The molecule has 3 atom stereocenters. The van der Waals surface area contributed by atoms with Crippen molar-refractivity contribution in [2.24, 2.45) is 17.8 Å². The first-order valence-electron chi connectivity index (χ1n) is 7.82. The molecule has 3 amide bonds. The summed E-state index contributed by atoms with van der Waals surface area (Å²) in [6, 6.07) is 5.41. The highest BCUT2D eigenvalue weighted by molar-refractivity contribution is 6.08. The summed E-state index contributed by atoms with van der Waals surface area (Å²) in [5, 5.41) is 11.8. The van der Waals surface area contributed by atoms with Gasteiger partial charge in [-0.1, -0.05) is 19.1 Å². The molecule has 1 saturated carbocycles. The number of imide groups is 1. The van der Waals surface area contributed by atoms with Crippen molar-refractivity contribution < 1.29 is 19.3 Å². The Kier molecular flexibility index (Phi) is 4.04. The number of fused-ring (bicyclic) bond motifs is 1. The van der Waals surface area contributed by atoms with Gasteiger partial charge >= 0.3 is 0 Å². The van der Waals surface area contributed by atoms with E-state index >= 15 is 0 Å². The molecule has 0 unspecified atom stereocenters. The van der Waals surface area contributed by atoms with Gasteiger partial charge in [-0.05, 0) is 31.2 Å². The van der Waals surface area contributed by atoms with E-state index in [-0.39, 0.29) is 11.3 Å². The van der Waals surface area contributed by atoms with Gasteiger partial charge in [-0.15, -0.1) is 0 Å². The van der Waals surface area contributed by atoms with Gasteiger partial charge in [0.05, 0.1) is 16.8 Å². The van der Waals surface area contributed by atoms with Gasteiger partial charge in [0.25, 0.3) is 23.4 Å². The van der Waals surface area contributed by atoms with E-state index in [1.165, 1.54) is 24.3 Å². The number of para-hydroxylation sites is 1. The first kappa shape index (κ1) is 16.1. The molecule has 1 aliphatic heterocycles. The van der Waals surface area contributed by atoms with Crippen molar-refractivity contribution in [3.05, 3.63) is 39.9 Å². The normalized spacial score (nSPS) is 26.2. The fourth-order valence-electron chi connectivity index (χ4n) is 3.49. The van der Waals surface area contributed by atoms with Crippen LogP contribution in [-0.4, -0.2) is 27.7 Å². The molecule has 0 aromatic heterocycles. The highest BCUT2D eigenvalue weighted by Gasteiger charge is 2.50. The van der Waals surface area contributed by atoms with E-state index in [1.54, 1.807) is 0 Å². The van der Waals surface area contributed by atoms with E-state index in [2.05, 4.69) is 5.43 Å². The summed E-state index contributed by atoms with van der Waals surface area (Å²) < 4.78 is 0. The van der Waals surface area contributed by atoms with Gasteiger partial charge in [0.15, 0.2) is 0 Å². The molecule has 24 heavy (non-hydrogen) atoms. The van der Waals surface area contributed by atoms with Crippen LogP contribution in [0.5, 0.6) is 0 Å². The van der Waals surface area contributed by atoms with E-state index in [4.69, 9.17) is 0 Å². The molecule has 8 heteroatoms. The number of nitro benzene ring substituents is 1. The lowest BCUT2D eigenvalue weighted by Crippen LogP contribution is -2.46. The quantitative estimate of drug-likeness (QED) is 0.514. The lowest BCUT2D eigenvalue weighted by atomic mass is 9.76. The van der Waals surface area contributed by atoms with Gasteiger partial charge < -0.3 is 0 Å². The third kappa shape index (κ3) is 2.64. The summed E-state index contributed by atoms with van der Waals surface area (Å²) in [7, 11) is 0. The Hall–Kier alpha value is -2.77. The van der Waals surface area contributed by atoms with Gasteiger partial charge in [0.1, 0.15) is 5.56 Å². The standard InChI is InChI=1S/C16H17N3O5/c1-9-6-7-10-12(8-9)16(22)18(15(10)21)17-14(20)11-4-2-3-5-13(11)19(23)24/h2-5,9-10,12H,6-8H2,1H3,(H,17,20)/t9-,10+,12+/m1/s1. The van der Waals surface area contributed by atoms with E-state index in [1.807, 2.05) is 6.92 Å². The molecule has 0 radical (unpaired) electrons. The van der Waals surface area contributed by atoms with Crippen molar-refractivity contribution in [2.75, 3.05) is 0 Å². The lowest BCUT2D eigenvalue weighted by Gasteiger charge is -2.25. The maximum atomic E-state index is 12.4. The number of rotatable bonds is 3. The monoisotopic (exact) mass is 331 g/mol. The molecule has 1 saturated heterocycles. The fraction of sp³-hybridized carbons (Fsp3) is 0.438. The minimum absolute atomic E-state index is 0.189. The van der Waals surface area contributed by atoms with Gasteiger partial charge in [-0.25, -0.2) is 0 Å². The molecule has 8 nitrogen and oxygen atoms in total. The molecular formula is C16H17N3O5. The van der Waals surface area contributed by atoms with Crippen LogP contribution >= 0.6 is 0 Å². The number of nitro groups is 1. The molecule has 1 aromatic carbocycles. The smallest absolute Gasteiger partial charge is 0.272 e. The van der Waals surface area contributed by atoms with Crippen LogP contribution in [-0.2, 0) is 9.59 Å². The third-order valence-corrected chi connectivity index (χ3v) is 4.75. The van der Waals surface area contributed by atoms with Crippen molar-refractivity contribution in [3.63, 3.8) is 0 Å². The predicted octanol–water partition coefficient (Wildman–Crippen LogP) is 1.66. The number of carbonyl (C=O) groups excluding carboxylic acids is 3. The summed E-state index contributed by atoms with van der Waals surface area (Å²) >= 11 is 0. The van der Waals surface area contributed by atoms with Crippen LogP contribution in [0.1, 0.15) is 36.5 Å². The highest BCUT2D eigenvalue weighted by Crippen LogP contribution is 2.39.